The molecule has 68 valence electrons. The highest BCUT2D eigenvalue weighted by molar-refractivity contribution is 5.73. The van der Waals surface area contributed by atoms with Gasteiger partial charge in [0.05, 0.1) is 11.4 Å². The molecule has 0 saturated carbocycles. The first-order chi connectivity index (χ1) is 6.38. The van der Waals surface area contributed by atoms with Crippen LogP contribution in [0, 0.1) is 5.92 Å². The Balaban J connectivity index is 2.36. The molecule has 0 bridgehead atoms. The summed E-state index contributed by atoms with van der Waals surface area (Å²) in [6.45, 7) is 2.21. The van der Waals surface area contributed by atoms with Crippen LogP contribution >= 0.6 is 0 Å². The zero-order chi connectivity index (χ0) is 9.10. The Labute approximate surface area is 78.8 Å². The third-order valence-corrected chi connectivity index (χ3v) is 2.45. The predicted octanol–water partition coefficient (Wildman–Crippen LogP) is 2.73. The second-order valence-corrected chi connectivity index (χ2v) is 3.53. The number of hydrogen-bond acceptors (Lipinski definition) is 2. The van der Waals surface area contributed by atoms with Crippen LogP contribution in [0.15, 0.2) is 33.5 Å². The van der Waals surface area contributed by atoms with E-state index in [9.17, 15) is 0 Å². The molecule has 0 saturated heterocycles. The van der Waals surface area contributed by atoms with Gasteiger partial charge in [-0.15, -0.1) is 0 Å². The molecule has 2 nitrogen and oxygen atoms in total. The van der Waals surface area contributed by atoms with Crippen LogP contribution in [0.4, 0.5) is 0 Å². The second kappa shape index (κ2) is 3.69. The third-order valence-electron chi connectivity index (χ3n) is 2.45. The first-order valence-corrected chi connectivity index (χ1v) is 4.82. The molecule has 0 spiro atoms. The molecule has 0 N–H and O–H groups in total. The first-order valence-electron chi connectivity index (χ1n) is 4.82. The topological polar surface area (TPSA) is 24.7 Å². The van der Waals surface area contributed by atoms with Crippen LogP contribution < -0.4 is 0 Å². The monoisotopic (exact) mass is 174 g/mol. The standard InChI is InChI=1S/C11H14N2/c1-9-5-2-3-7-12-10-6-4-8-13-11(9)10/h2-3,7-9H,4-6H2,1H3/b3-2+,12-7-. The van der Waals surface area contributed by atoms with E-state index >= 15 is 0 Å². The normalized spacial score (nSPS) is 31.9. The lowest BCUT2D eigenvalue weighted by molar-refractivity contribution is 0.661. The lowest BCUT2D eigenvalue weighted by Gasteiger charge is -2.17. The van der Waals surface area contributed by atoms with Crippen molar-refractivity contribution in [3.05, 3.63) is 23.5 Å². The van der Waals surface area contributed by atoms with Gasteiger partial charge in [-0.1, -0.05) is 13.0 Å². The molecule has 13 heavy (non-hydrogen) atoms. The Hall–Kier alpha value is -1.18. The molecule has 0 aliphatic carbocycles. The molecule has 2 aliphatic rings. The van der Waals surface area contributed by atoms with Crippen molar-refractivity contribution < 1.29 is 0 Å². The number of aliphatic imine (C=N–C) groups is 2. The van der Waals surface area contributed by atoms with Crippen LogP contribution in [0.25, 0.3) is 0 Å². The number of nitrogens with zero attached hydrogens (tertiary/aromatic N) is 2. The van der Waals surface area contributed by atoms with E-state index in [0.717, 1.165) is 19.3 Å². The van der Waals surface area contributed by atoms with E-state index in [0.29, 0.717) is 5.92 Å². The molecule has 2 heteroatoms. The molecule has 0 aromatic carbocycles. The summed E-state index contributed by atoms with van der Waals surface area (Å²) in [4.78, 5) is 8.85. The van der Waals surface area contributed by atoms with Crippen LogP contribution in [0.3, 0.4) is 0 Å². The van der Waals surface area contributed by atoms with Crippen LogP contribution in [0.5, 0.6) is 0 Å². The summed E-state index contributed by atoms with van der Waals surface area (Å²) in [6.07, 6.45) is 11.2. The summed E-state index contributed by atoms with van der Waals surface area (Å²) >= 11 is 0. The van der Waals surface area contributed by atoms with Crippen molar-refractivity contribution in [3.8, 4) is 0 Å². The van der Waals surface area contributed by atoms with Gasteiger partial charge in [0.2, 0.25) is 0 Å². The Bertz CT molecular complexity index is 308. The van der Waals surface area contributed by atoms with Gasteiger partial charge < -0.3 is 0 Å². The van der Waals surface area contributed by atoms with Crippen LogP contribution in [-0.4, -0.2) is 12.4 Å². The minimum absolute atomic E-state index is 0.514. The van der Waals surface area contributed by atoms with Crippen LogP contribution in [0.2, 0.25) is 0 Å². The Morgan fingerprint density at radius 3 is 3.23 bits per heavy atom. The average Bonchev–Trinajstić information content (AvgIpc) is 2.14. The quantitative estimate of drug-likeness (QED) is 0.539. The largest absolute Gasteiger partial charge is 0.263 e. The average molecular weight is 174 g/mol. The third kappa shape index (κ3) is 1.77. The second-order valence-electron chi connectivity index (χ2n) is 3.53. The molecule has 0 amide bonds. The van der Waals surface area contributed by atoms with Crippen molar-refractivity contribution in [1.82, 2.24) is 0 Å². The molecular weight excluding hydrogens is 160 g/mol. The van der Waals surface area contributed by atoms with Crippen molar-refractivity contribution in [1.29, 1.82) is 0 Å². The molecule has 1 atom stereocenters. The van der Waals surface area contributed by atoms with E-state index in [1.165, 1.54) is 11.4 Å². The van der Waals surface area contributed by atoms with Gasteiger partial charge in [-0.2, -0.15) is 0 Å². The molecule has 2 heterocycles. The molecule has 2 aliphatic heterocycles. The van der Waals surface area contributed by atoms with Crippen molar-refractivity contribution in [2.45, 2.75) is 26.2 Å². The summed E-state index contributed by atoms with van der Waals surface area (Å²) in [6, 6.07) is 0. The Morgan fingerprint density at radius 2 is 2.31 bits per heavy atom. The summed E-state index contributed by atoms with van der Waals surface area (Å²) in [5, 5.41) is 0. The first kappa shape index (κ1) is 8.42. The number of allylic oxidation sites excluding steroid dienone is 4. The highest BCUT2D eigenvalue weighted by Gasteiger charge is 2.15. The molecular formula is C11H14N2. The fraction of sp³-hybridized carbons (Fsp3) is 0.455. The van der Waals surface area contributed by atoms with Gasteiger partial charge in [0.25, 0.3) is 0 Å². The van der Waals surface area contributed by atoms with Gasteiger partial charge >= 0.3 is 0 Å². The fourth-order valence-corrected chi connectivity index (χ4v) is 1.70. The molecule has 0 aromatic heterocycles. The van der Waals surface area contributed by atoms with Gasteiger partial charge in [-0.25, -0.2) is 0 Å². The molecule has 2 rings (SSSR count). The summed E-state index contributed by atoms with van der Waals surface area (Å²) in [5.74, 6) is 0.514. The summed E-state index contributed by atoms with van der Waals surface area (Å²) in [7, 11) is 0. The lowest BCUT2D eigenvalue weighted by atomic mass is 9.98. The maximum atomic E-state index is 4.44. The van der Waals surface area contributed by atoms with Crippen molar-refractivity contribution in [2.75, 3.05) is 0 Å². The van der Waals surface area contributed by atoms with E-state index in [1.807, 2.05) is 18.5 Å². The SMILES string of the molecule is CC1C/C=C/C=N\C2=C1N=CCC2. The molecule has 1 unspecified atom stereocenters. The van der Waals surface area contributed by atoms with Crippen molar-refractivity contribution in [2.24, 2.45) is 15.9 Å². The fourth-order valence-electron chi connectivity index (χ4n) is 1.70. The summed E-state index contributed by atoms with van der Waals surface area (Å²) in [5.41, 5.74) is 2.37. The predicted molar refractivity (Wildman–Crippen MR) is 56.2 cm³/mol. The smallest absolute Gasteiger partial charge is 0.0645 e. The Morgan fingerprint density at radius 1 is 1.38 bits per heavy atom. The highest BCUT2D eigenvalue weighted by Crippen LogP contribution is 2.27. The maximum absolute atomic E-state index is 4.44. The minimum Gasteiger partial charge on any atom is -0.263 e. The number of hydrogen-bond donors (Lipinski definition) is 0. The van der Waals surface area contributed by atoms with E-state index in [-0.39, 0.29) is 0 Å². The maximum Gasteiger partial charge on any atom is 0.0645 e. The van der Waals surface area contributed by atoms with Crippen molar-refractivity contribution >= 4 is 12.4 Å². The van der Waals surface area contributed by atoms with E-state index in [4.69, 9.17) is 0 Å². The molecule has 0 radical (unpaired) electrons. The minimum atomic E-state index is 0.514. The zero-order valence-electron chi connectivity index (χ0n) is 7.90. The van der Waals surface area contributed by atoms with Crippen LogP contribution in [-0.2, 0) is 0 Å². The van der Waals surface area contributed by atoms with Crippen LogP contribution in [0.1, 0.15) is 26.2 Å². The lowest BCUT2D eigenvalue weighted by Crippen LogP contribution is -2.05. The van der Waals surface area contributed by atoms with Gasteiger partial charge in [0.1, 0.15) is 0 Å². The summed E-state index contributed by atoms with van der Waals surface area (Å²) < 4.78 is 0. The van der Waals surface area contributed by atoms with E-state index < -0.39 is 0 Å². The van der Waals surface area contributed by atoms with Gasteiger partial charge in [0.15, 0.2) is 0 Å². The Kier molecular flexibility index (Phi) is 2.39. The highest BCUT2D eigenvalue weighted by atomic mass is 14.8. The van der Waals surface area contributed by atoms with Gasteiger partial charge in [-0.05, 0) is 25.3 Å². The molecule has 0 fully saturated rings. The van der Waals surface area contributed by atoms with E-state index in [1.54, 1.807) is 0 Å². The van der Waals surface area contributed by atoms with E-state index in [2.05, 4.69) is 23.0 Å². The number of rotatable bonds is 0. The van der Waals surface area contributed by atoms with Gasteiger partial charge in [-0.3, -0.25) is 9.98 Å². The van der Waals surface area contributed by atoms with Crippen molar-refractivity contribution in [3.63, 3.8) is 0 Å². The van der Waals surface area contributed by atoms with Gasteiger partial charge in [0, 0.05) is 18.3 Å². The molecule has 0 aromatic rings. The zero-order valence-corrected chi connectivity index (χ0v) is 7.90.